The van der Waals surface area contributed by atoms with Crippen molar-refractivity contribution >= 4 is 11.9 Å². The van der Waals surface area contributed by atoms with E-state index in [4.69, 9.17) is 4.74 Å². The van der Waals surface area contributed by atoms with Gasteiger partial charge in [-0.05, 0) is 19.8 Å². The second kappa shape index (κ2) is 6.75. The van der Waals surface area contributed by atoms with Gasteiger partial charge in [0, 0.05) is 46.4 Å². The highest BCUT2D eigenvalue weighted by Gasteiger charge is 2.30. The Balaban J connectivity index is 1.83. The van der Waals surface area contributed by atoms with E-state index in [1.54, 1.807) is 7.05 Å². The van der Waals surface area contributed by atoms with Crippen LogP contribution < -0.4 is 5.32 Å². The molecule has 2 rings (SSSR count). The predicted octanol–water partition coefficient (Wildman–Crippen LogP) is -0.0951. The molecule has 108 valence electrons. The van der Waals surface area contributed by atoms with Crippen LogP contribution in [0.3, 0.4) is 0 Å². The molecule has 0 saturated carbocycles. The topological polar surface area (TPSA) is 57.2 Å². The molecule has 1 N–H and O–H groups in total. The van der Waals surface area contributed by atoms with Crippen LogP contribution in [0.4, 0.5) is 0 Å². The van der Waals surface area contributed by atoms with Crippen LogP contribution >= 0.6 is 0 Å². The van der Waals surface area contributed by atoms with E-state index in [0.717, 1.165) is 58.1 Å². The largest absolute Gasteiger partial charge is 0.368 e. The van der Waals surface area contributed by atoms with Gasteiger partial charge in [-0.1, -0.05) is 0 Å². The van der Waals surface area contributed by atoms with Gasteiger partial charge in [-0.15, -0.1) is 0 Å². The summed E-state index contributed by atoms with van der Waals surface area (Å²) in [4.78, 5) is 20.6. The zero-order valence-electron chi connectivity index (χ0n) is 11.9. The molecular formula is C13H24N4O2. The summed E-state index contributed by atoms with van der Waals surface area (Å²) in [5.41, 5.74) is 0. The number of hydrogen-bond donors (Lipinski definition) is 1. The number of rotatable bonds is 2. The van der Waals surface area contributed by atoms with Crippen molar-refractivity contribution in [3.8, 4) is 0 Å². The minimum Gasteiger partial charge on any atom is -0.368 e. The molecule has 0 aromatic carbocycles. The first kappa shape index (κ1) is 14.1. The number of nitrogens with zero attached hydrogens (tertiary/aromatic N) is 3. The Morgan fingerprint density at radius 1 is 1.32 bits per heavy atom. The second-order valence-corrected chi connectivity index (χ2v) is 4.89. The van der Waals surface area contributed by atoms with Crippen LogP contribution in [0.1, 0.15) is 19.8 Å². The van der Waals surface area contributed by atoms with Crippen molar-refractivity contribution in [2.24, 2.45) is 4.99 Å². The summed E-state index contributed by atoms with van der Waals surface area (Å²) in [5, 5.41) is 3.25. The van der Waals surface area contributed by atoms with E-state index in [1.165, 1.54) is 0 Å². The maximum absolute atomic E-state index is 12.2. The Hall–Kier alpha value is -1.30. The molecule has 1 unspecified atom stereocenters. The van der Waals surface area contributed by atoms with Gasteiger partial charge >= 0.3 is 0 Å². The van der Waals surface area contributed by atoms with E-state index in [2.05, 4.69) is 22.1 Å². The van der Waals surface area contributed by atoms with Gasteiger partial charge < -0.3 is 19.9 Å². The molecule has 2 fully saturated rings. The van der Waals surface area contributed by atoms with Crippen LogP contribution in [0.2, 0.25) is 0 Å². The molecule has 2 aliphatic rings. The van der Waals surface area contributed by atoms with Crippen molar-refractivity contribution in [1.29, 1.82) is 0 Å². The van der Waals surface area contributed by atoms with E-state index in [0.29, 0.717) is 0 Å². The van der Waals surface area contributed by atoms with Crippen molar-refractivity contribution < 1.29 is 9.53 Å². The van der Waals surface area contributed by atoms with E-state index >= 15 is 0 Å². The SMILES string of the molecule is CCNC(=NC)N1CCN(C(=O)C2CCCO2)CC1. The van der Waals surface area contributed by atoms with Gasteiger partial charge in [0.05, 0.1) is 0 Å². The molecule has 1 amide bonds. The lowest BCUT2D eigenvalue weighted by atomic mass is 10.2. The summed E-state index contributed by atoms with van der Waals surface area (Å²) < 4.78 is 5.46. The third kappa shape index (κ3) is 3.37. The fourth-order valence-corrected chi connectivity index (χ4v) is 2.61. The van der Waals surface area contributed by atoms with Crippen molar-refractivity contribution in [1.82, 2.24) is 15.1 Å². The summed E-state index contributed by atoms with van der Waals surface area (Å²) in [6.07, 6.45) is 1.68. The number of ether oxygens (including phenoxy) is 1. The van der Waals surface area contributed by atoms with Gasteiger partial charge in [0.15, 0.2) is 5.96 Å². The smallest absolute Gasteiger partial charge is 0.251 e. The summed E-state index contributed by atoms with van der Waals surface area (Å²) in [7, 11) is 1.79. The van der Waals surface area contributed by atoms with E-state index in [9.17, 15) is 4.79 Å². The lowest BCUT2D eigenvalue weighted by Crippen LogP contribution is -2.55. The minimum absolute atomic E-state index is 0.163. The average Bonchev–Trinajstić information content (AvgIpc) is 2.98. The standard InChI is InChI=1S/C13H24N4O2/c1-3-15-13(14-2)17-8-6-16(7-9-17)12(18)11-5-4-10-19-11/h11H,3-10H2,1-2H3,(H,14,15). The summed E-state index contributed by atoms with van der Waals surface area (Å²) in [6.45, 7) is 6.82. The van der Waals surface area contributed by atoms with Gasteiger partial charge in [-0.2, -0.15) is 0 Å². The molecule has 1 atom stereocenters. The highest BCUT2D eigenvalue weighted by Crippen LogP contribution is 2.15. The van der Waals surface area contributed by atoms with Crippen LogP contribution in [-0.2, 0) is 9.53 Å². The van der Waals surface area contributed by atoms with Crippen LogP contribution in [0.15, 0.2) is 4.99 Å². The summed E-state index contributed by atoms with van der Waals surface area (Å²) in [5.74, 6) is 1.09. The number of guanidine groups is 1. The number of carbonyl (C=O) groups excluding carboxylic acids is 1. The number of nitrogens with one attached hydrogen (secondary N) is 1. The molecule has 6 nitrogen and oxygen atoms in total. The fourth-order valence-electron chi connectivity index (χ4n) is 2.61. The number of hydrogen-bond acceptors (Lipinski definition) is 3. The van der Waals surface area contributed by atoms with Gasteiger partial charge in [-0.25, -0.2) is 0 Å². The molecule has 19 heavy (non-hydrogen) atoms. The number of piperazine rings is 1. The second-order valence-electron chi connectivity index (χ2n) is 4.89. The van der Waals surface area contributed by atoms with E-state index < -0.39 is 0 Å². The molecule has 2 heterocycles. The number of aliphatic imine (C=N–C) groups is 1. The maximum atomic E-state index is 12.2. The normalized spacial score (nSPS) is 24.7. The van der Waals surface area contributed by atoms with Crippen LogP contribution in [0.5, 0.6) is 0 Å². The Morgan fingerprint density at radius 3 is 2.53 bits per heavy atom. The monoisotopic (exact) mass is 268 g/mol. The third-order valence-electron chi connectivity index (χ3n) is 3.64. The van der Waals surface area contributed by atoms with E-state index in [-0.39, 0.29) is 12.0 Å². The van der Waals surface area contributed by atoms with Crippen LogP contribution in [-0.4, -0.2) is 74.1 Å². The molecule has 0 radical (unpaired) electrons. The molecular weight excluding hydrogens is 244 g/mol. The van der Waals surface area contributed by atoms with E-state index in [1.807, 2.05) is 4.90 Å². The molecule has 0 aromatic rings. The molecule has 0 spiro atoms. The molecule has 2 saturated heterocycles. The molecule has 6 heteroatoms. The first-order chi connectivity index (χ1) is 9.26. The van der Waals surface area contributed by atoms with Crippen molar-refractivity contribution in [3.05, 3.63) is 0 Å². The molecule has 0 bridgehead atoms. The maximum Gasteiger partial charge on any atom is 0.251 e. The lowest BCUT2D eigenvalue weighted by Gasteiger charge is -2.37. The molecule has 0 aliphatic carbocycles. The first-order valence-corrected chi connectivity index (χ1v) is 7.12. The summed E-state index contributed by atoms with van der Waals surface area (Å²) >= 11 is 0. The van der Waals surface area contributed by atoms with Gasteiger partial charge in [0.2, 0.25) is 0 Å². The highest BCUT2D eigenvalue weighted by atomic mass is 16.5. The number of carbonyl (C=O) groups is 1. The Bertz CT molecular complexity index is 332. The molecule has 2 aliphatic heterocycles. The number of amides is 1. The van der Waals surface area contributed by atoms with Crippen molar-refractivity contribution in [2.75, 3.05) is 46.4 Å². The fraction of sp³-hybridized carbons (Fsp3) is 0.846. The zero-order chi connectivity index (χ0) is 13.7. The van der Waals surface area contributed by atoms with Crippen molar-refractivity contribution in [3.63, 3.8) is 0 Å². The average molecular weight is 268 g/mol. The highest BCUT2D eigenvalue weighted by molar-refractivity contribution is 5.82. The quantitative estimate of drug-likeness (QED) is 0.561. The minimum atomic E-state index is -0.195. The molecule has 0 aromatic heterocycles. The summed E-state index contributed by atoms with van der Waals surface area (Å²) in [6, 6.07) is 0. The first-order valence-electron chi connectivity index (χ1n) is 7.12. The van der Waals surface area contributed by atoms with Gasteiger partial charge in [0.1, 0.15) is 6.10 Å². The zero-order valence-corrected chi connectivity index (χ0v) is 11.9. The predicted molar refractivity (Wildman–Crippen MR) is 74.2 cm³/mol. The Labute approximate surface area is 114 Å². The lowest BCUT2D eigenvalue weighted by molar-refractivity contribution is -0.142. The van der Waals surface area contributed by atoms with Crippen LogP contribution in [0.25, 0.3) is 0 Å². The Kier molecular flexibility index (Phi) is 5.01. The van der Waals surface area contributed by atoms with Crippen LogP contribution in [0, 0.1) is 0 Å². The van der Waals surface area contributed by atoms with Crippen molar-refractivity contribution in [2.45, 2.75) is 25.9 Å². The van der Waals surface area contributed by atoms with Gasteiger partial charge in [0.25, 0.3) is 5.91 Å². The van der Waals surface area contributed by atoms with Gasteiger partial charge in [-0.3, -0.25) is 9.79 Å². The third-order valence-corrected chi connectivity index (χ3v) is 3.64. The Morgan fingerprint density at radius 2 is 2.00 bits per heavy atom.